The summed E-state index contributed by atoms with van der Waals surface area (Å²) < 4.78 is 5.57. The summed E-state index contributed by atoms with van der Waals surface area (Å²) >= 11 is 0. The topological polar surface area (TPSA) is 64.4 Å². The van der Waals surface area contributed by atoms with Gasteiger partial charge in [0.15, 0.2) is 5.75 Å². The summed E-state index contributed by atoms with van der Waals surface area (Å²) in [7, 11) is 0. The molecule has 1 aromatic carbocycles. The van der Waals surface area contributed by atoms with Gasteiger partial charge >= 0.3 is 5.69 Å². The highest BCUT2D eigenvalue weighted by atomic mass is 16.6. The molecule has 0 aliphatic heterocycles. The van der Waals surface area contributed by atoms with Crippen molar-refractivity contribution in [1.29, 1.82) is 0 Å². The van der Waals surface area contributed by atoms with Crippen molar-refractivity contribution in [2.75, 3.05) is 5.32 Å². The third kappa shape index (κ3) is 3.03. The molecule has 1 aliphatic carbocycles. The van der Waals surface area contributed by atoms with Gasteiger partial charge in [0, 0.05) is 23.4 Å². The molecule has 1 fully saturated rings. The van der Waals surface area contributed by atoms with E-state index in [0.717, 1.165) is 24.9 Å². The van der Waals surface area contributed by atoms with Gasteiger partial charge in [0.25, 0.3) is 0 Å². The van der Waals surface area contributed by atoms with Gasteiger partial charge in [-0.05, 0) is 45.6 Å². The Bertz CT molecular complexity index is 490. The Balaban J connectivity index is 2.24. The number of nitro groups is 1. The molecule has 0 bridgehead atoms. The molecular formula is C15H22N2O3. The van der Waals surface area contributed by atoms with E-state index in [1.165, 1.54) is 12.5 Å². The molecule has 5 heteroatoms. The first kappa shape index (κ1) is 14.6. The summed E-state index contributed by atoms with van der Waals surface area (Å²) in [6, 6.07) is 5.02. The van der Waals surface area contributed by atoms with Crippen molar-refractivity contribution in [3.05, 3.63) is 28.3 Å². The lowest BCUT2D eigenvalue weighted by molar-refractivity contribution is -0.386. The first-order valence-corrected chi connectivity index (χ1v) is 7.19. The molecule has 0 spiro atoms. The lowest BCUT2D eigenvalue weighted by Gasteiger charge is -2.43. The maximum atomic E-state index is 11.0. The zero-order valence-electron chi connectivity index (χ0n) is 12.3. The van der Waals surface area contributed by atoms with Crippen LogP contribution in [0.2, 0.25) is 0 Å². The van der Waals surface area contributed by atoms with Crippen LogP contribution in [0.5, 0.6) is 5.75 Å². The zero-order chi connectivity index (χ0) is 14.8. The highest BCUT2D eigenvalue weighted by molar-refractivity contribution is 5.59. The maximum Gasteiger partial charge on any atom is 0.311 e. The van der Waals surface area contributed by atoms with E-state index < -0.39 is 4.92 Å². The van der Waals surface area contributed by atoms with Gasteiger partial charge < -0.3 is 10.1 Å². The van der Waals surface area contributed by atoms with Crippen molar-refractivity contribution in [2.24, 2.45) is 0 Å². The molecule has 0 heterocycles. The smallest absolute Gasteiger partial charge is 0.311 e. The van der Waals surface area contributed by atoms with Crippen LogP contribution in [-0.4, -0.2) is 16.6 Å². The molecule has 110 valence electrons. The number of nitrogens with zero attached hydrogens (tertiary/aromatic N) is 1. The fourth-order valence-electron chi connectivity index (χ4n) is 2.57. The van der Waals surface area contributed by atoms with Gasteiger partial charge in [0.1, 0.15) is 0 Å². The first-order chi connectivity index (χ1) is 9.46. The van der Waals surface area contributed by atoms with Crippen LogP contribution in [0.1, 0.15) is 46.5 Å². The van der Waals surface area contributed by atoms with Gasteiger partial charge in [-0.2, -0.15) is 0 Å². The Hall–Kier alpha value is -1.78. The minimum atomic E-state index is -0.402. The molecule has 1 N–H and O–H groups in total. The Morgan fingerprint density at radius 1 is 1.45 bits per heavy atom. The fourth-order valence-corrected chi connectivity index (χ4v) is 2.57. The Kier molecular flexibility index (Phi) is 4.16. The highest BCUT2D eigenvalue weighted by Gasteiger charge is 2.35. The maximum absolute atomic E-state index is 11.0. The van der Waals surface area contributed by atoms with Crippen molar-refractivity contribution in [2.45, 2.75) is 58.1 Å². The molecule has 0 unspecified atom stereocenters. The van der Waals surface area contributed by atoms with Crippen LogP contribution < -0.4 is 10.1 Å². The largest absolute Gasteiger partial charge is 0.484 e. The zero-order valence-corrected chi connectivity index (χ0v) is 12.3. The van der Waals surface area contributed by atoms with E-state index >= 15 is 0 Å². The van der Waals surface area contributed by atoms with Crippen molar-refractivity contribution in [3.8, 4) is 5.75 Å². The molecule has 1 saturated carbocycles. The van der Waals surface area contributed by atoms with E-state index in [-0.39, 0.29) is 17.3 Å². The van der Waals surface area contributed by atoms with Crippen LogP contribution in [0, 0.1) is 10.1 Å². The van der Waals surface area contributed by atoms with Gasteiger partial charge in [-0.25, -0.2) is 0 Å². The van der Waals surface area contributed by atoms with Gasteiger partial charge in [0.2, 0.25) is 0 Å². The van der Waals surface area contributed by atoms with E-state index in [0.29, 0.717) is 5.75 Å². The molecule has 0 aromatic heterocycles. The summed E-state index contributed by atoms with van der Waals surface area (Å²) in [6.45, 7) is 5.90. The Labute approximate surface area is 119 Å². The SMILES string of the molecule is CCC1(Nc2ccc([N+](=O)[O-])c(OC(C)C)c2)CCC1. The quantitative estimate of drug-likeness (QED) is 0.627. The van der Waals surface area contributed by atoms with Crippen molar-refractivity contribution < 1.29 is 9.66 Å². The minimum Gasteiger partial charge on any atom is -0.484 e. The predicted molar refractivity (Wildman–Crippen MR) is 79.4 cm³/mol. The molecule has 0 saturated heterocycles. The lowest BCUT2D eigenvalue weighted by Crippen LogP contribution is -2.44. The number of benzene rings is 1. The van der Waals surface area contributed by atoms with Crippen LogP contribution >= 0.6 is 0 Å². The number of hydrogen-bond acceptors (Lipinski definition) is 4. The van der Waals surface area contributed by atoms with Crippen LogP contribution in [0.15, 0.2) is 18.2 Å². The van der Waals surface area contributed by atoms with E-state index in [2.05, 4.69) is 12.2 Å². The molecule has 20 heavy (non-hydrogen) atoms. The molecule has 0 atom stereocenters. The molecule has 0 radical (unpaired) electrons. The van der Waals surface area contributed by atoms with Gasteiger partial charge in [0.05, 0.1) is 11.0 Å². The average molecular weight is 278 g/mol. The average Bonchev–Trinajstić information content (AvgIpc) is 2.33. The summed E-state index contributed by atoms with van der Waals surface area (Å²) in [4.78, 5) is 10.6. The van der Waals surface area contributed by atoms with Crippen molar-refractivity contribution in [1.82, 2.24) is 0 Å². The molecule has 5 nitrogen and oxygen atoms in total. The normalized spacial score (nSPS) is 16.6. The van der Waals surface area contributed by atoms with Crippen LogP contribution in [0.4, 0.5) is 11.4 Å². The second kappa shape index (κ2) is 5.69. The summed E-state index contributed by atoms with van der Waals surface area (Å²) in [5.74, 6) is 0.334. The molecule has 0 amide bonds. The number of nitrogens with one attached hydrogen (secondary N) is 1. The third-order valence-corrected chi connectivity index (χ3v) is 3.92. The Morgan fingerprint density at radius 3 is 2.60 bits per heavy atom. The van der Waals surface area contributed by atoms with Gasteiger partial charge in [-0.1, -0.05) is 6.92 Å². The Morgan fingerprint density at radius 2 is 2.15 bits per heavy atom. The van der Waals surface area contributed by atoms with Crippen molar-refractivity contribution >= 4 is 11.4 Å². The van der Waals surface area contributed by atoms with Gasteiger partial charge in [-0.3, -0.25) is 10.1 Å². The van der Waals surface area contributed by atoms with E-state index in [9.17, 15) is 10.1 Å². The van der Waals surface area contributed by atoms with Gasteiger partial charge in [-0.15, -0.1) is 0 Å². The number of ether oxygens (including phenoxy) is 1. The van der Waals surface area contributed by atoms with Crippen LogP contribution in [0.25, 0.3) is 0 Å². The van der Waals surface area contributed by atoms with E-state index in [4.69, 9.17) is 4.74 Å². The summed E-state index contributed by atoms with van der Waals surface area (Å²) in [6.07, 6.45) is 4.52. The highest BCUT2D eigenvalue weighted by Crippen LogP contribution is 2.39. The predicted octanol–water partition coefficient (Wildman–Crippen LogP) is 4.13. The van der Waals surface area contributed by atoms with Crippen molar-refractivity contribution in [3.63, 3.8) is 0 Å². The number of nitro benzene ring substituents is 1. The lowest BCUT2D eigenvalue weighted by atomic mass is 9.74. The fraction of sp³-hybridized carbons (Fsp3) is 0.600. The van der Waals surface area contributed by atoms with Crippen LogP contribution in [-0.2, 0) is 0 Å². The molecule has 1 aromatic rings. The number of rotatable bonds is 6. The standard InChI is InChI=1S/C15H22N2O3/c1-4-15(8-5-9-15)16-12-6-7-13(17(18)19)14(10-12)20-11(2)3/h6-7,10-11,16H,4-5,8-9H2,1-3H3. The number of hydrogen-bond donors (Lipinski definition) is 1. The van der Waals surface area contributed by atoms with Crippen LogP contribution in [0.3, 0.4) is 0 Å². The first-order valence-electron chi connectivity index (χ1n) is 7.19. The monoisotopic (exact) mass is 278 g/mol. The minimum absolute atomic E-state index is 0.0170. The third-order valence-electron chi connectivity index (χ3n) is 3.92. The molecule has 2 rings (SSSR count). The summed E-state index contributed by atoms with van der Waals surface area (Å²) in [5.41, 5.74) is 1.07. The second-order valence-corrected chi connectivity index (χ2v) is 5.72. The summed E-state index contributed by atoms with van der Waals surface area (Å²) in [5, 5.41) is 14.5. The molecule has 1 aliphatic rings. The second-order valence-electron chi connectivity index (χ2n) is 5.72. The number of anilines is 1. The molecular weight excluding hydrogens is 256 g/mol. The van der Waals surface area contributed by atoms with E-state index in [1.807, 2.05) is 13.8 Å². The van der Waals surface area contributed by atoms with E-state index in [1.54, 1.807) is 12.1 Å².